The van der Waals surface area contributed by atoms with Gasteiger partial charge in [0.2, 0.25) is 0 Å². The Morgan fingerprint density at radius 3 is 2.56 bits per heavy atom. The third kappa shape index (κ3) is 2.41. The van der Waals surface area contributed by atoms with Crippen LogP contribution in [-0.2, 0) is 6.54 Å². The van der Waals surface area contributed by atoms with Crippen molar-refractivity contribution in [1.29, 1.82) is 0 Å². The maximum absolute atomic E-state index is 12.3. The van der Waals surface area contributed by atoms with E-state index in [0.717, 1.165) is 4.47 Å². The van der Waals surface area contributed by atoms with Crippen molar-refractivity contribution in [2.24, 2.45) is 5.41 Å². The van der Waals surface area contributed by atoms with Gasteiger partial charge in [-0.1, -0.05) is 26.8 Å². The van der Waals surface area contributed by atoms with Crippen LogP contribution in [0.2, 0.25) is 0 Å². The molecule has 0 aliphatic carbocycles. The van der Waals surface area contributed by atoms with E-state index in [2.05, 4.69) is 20.9 Å². The van der Waals surface area contributed by atoms with Gasteiger partial charge in [0.15, 0.2) is 0 Å². The van der Waals surface area contributed by atoms with Crippen LogP contribution in [0.5, 0.6) is 0 Å². The monoisotopic (exact) mass is 310 g/mol. The number of benzene rings is 1. The molecule has 2 rings (SSSR count). The predicted octanol–water partition coefficient (Wildman–Crippen LogP) is 2.50. The second kappa shape index (κ2) is 4.39. The van der Waals surface area contributed by atoms with Gasteiger partial charge in [-0.3, -0.25) is 9.36 Å². The maximum atomic E-state index is 12.3. The molecule has 0 aliphatic heterocycles. The molecule has 0 bridgehead atoms. The van der Waals surface area contributed by atoms with E-state index in [1.54, 1.807) is 18.2 Å². The zero-order valence-corrected chi connectivity index (χ0v) is 12.2. The Hall–Kier alpha value is -1.36. The van der Waals surface area contributed by atoms with Crippen LogP contribution in [0.15, 0.2) is 32.3 Å². The third-order valence-electron chi connectivity index (χ3n) is 2.60. The van der Waals surface area contributed by atoms with Gasteiger partial charge >= 0.3 is 5.69 Å². The molecular weight excluding hydrogens is 296 g/mol. The van der Waals surface area contributed by atoms with E-state index in [1.165, 1.54) is 4.57 Å². The molecule has 0 amide bonds. The lowest BCUT2D eigenvalue weighted by Crippen LogP contribution is -2.38. The fourth-order valence-electron chi connectivity index (χ4n) is 1.86. The molecule has 0 fully saturated rings. The highest BCUT2D eigenvalue weighted by Gasteiger charge is 2.16. The Labute approximate surface area is 113 Å². The Morgan fingerprint density at radius 1 is 1.28 bits per heavy atom. The number of hydrogen-bond acceptors (Lipinski definition) is 2. The van der Waals surface area contributed by atoms with Gasteiger partial charge in [-0.25, -0.2) is 4.79 Å². The minimum absolute atomic E-state index is 0.128. The molecule has 18 heavy (non-hydrogen) atoms. The zero-order chi connectivity index (χ0) is 13.5. The lowest BCUT2D eigenvalue weighted by Gasteiger charge is -2.19. The molecule has 2 aromatic rings. The van der Waals surface area contributed by atoms with Gasteiger partial charge in [0.25, 0.3) is 5.56 Å². The van der Waals surface area contributed by atoms with Crippen molar-refractivity contribution in [1.82, 2.24) is 9.55 Å². The smallest absolute Gasteiger partial charge is 0.306 e. The molecule has 0 spiro atoms. The van der Waals surface area contributed by atoms with Crippen LogP contribution in [-0.4, -0.2) is 9.55 Å². The van der Waals surface area contributed by atoms with Crippen molar-refractivity contribution < 1.29 is 0 Å². The molecular formula is C13H15BrN2O2. The maximum Gasteiger partial charge on any atom is 0.328 e. The second-order valence-corrected chi connectivity index (χ2v) is 6.40. The molecule has 1 N–H and O–H groups in total. The lowest BCUT2D eigenvalue weighted by atomic mass is 9.97. The van der Waals surface area contributed by atoms with E-state index < -0.39 is 0 Å². The molecule has 1 aromatic heterocycles. The van der Waals surface area contributed by atoms with E-state index >= 15 is 0 Å². The number of aromatic amines is 1. The topological polar surface area (TPSA) is 54.9 Å². The summed E-state index contributed by atoms with van der Waals surface area (Å²) in [5.41, 5.74) is -0.187. The Bertz CT molecular complexity index is 707. The van der Waals surface area contributed by atoms with E-state index in [0.29, 0.717) is 17.4 Å². The summed E-state index contributed by atoms with van der Waals surface area (Å²) in [6.07, 6.45) is 0. The summed E-state index contributed by atoms with van der Waals surface area (Å²) in [5.74, 6) is 0. The summed E-state index contributed by atoms with van der Waals surface area (Å²) in [5, 5.41) is 0.522. The SMILES string of the molecule is CC(C)(C)Cn1c(=O)[nH]c2c(Br)cccc2c1=O. The molecule has 1 heterocycles. The van der Waals surface area contributed by atoms with E-state index in [4.69, 9.17) is 0 Å². The number of H-pyrrole nitrogens is 1. The molecule has 0 radical (unpaired) electrons. The van der Waals surface area contributed by atoms with Gasteiger partial charge in [-0.15, -0.1) is 0 Å². The Morgan fingerprint density at radius 2 is 1.94 bits per heavy atom. The van der Waals surface area contributed by atoms with Gasteiger partial charge in [0.1, 0.15) is 0 Å². The number of nitrogens with one attached hydrogen (secondary N) is 1. The summed E-state index contributed by atoms with van der Waals surface area (Å²) < 4.78 is 1.98. The van der Waals surface area contributed by atoms with Gasteiger partial charge in [0.05, 0.1) is 10.9 Å². The number of fused-ring (bicyclic) bond motifs is 1. The summed E-state index contributed by atoms with van der Waals surface area (Å²) >= 11 is 3.33. The van der Waals surface area contributed by atoms with Crippen LogP contribution in [0.25, 0.3) is 10.9 Å². The van der Waals surface area contributed by atoms with Crippen molar-refractivity contribution >= 4 is 26.8 Å². The van der Waals surface area contributed by atoms with Gasteiger partial charge in [-0.05, 0) is 33.5 Å². The molecule has 1 aromatic carbocycles. The second-order valence-electron chi connectivity index (χ2n) is 5.54. The number of para-hydroxylation sites is 1. The number of halogens is 1. The fraction of sp³-hybridized carbons (Fsp3) is 0.385. The average Bonchev–Trinajstić information content (AvgIpc) is 2.25. The summed E-state index contributed by atoms with van der Waals surface area (Å²) in [6, 6.07) is 5.30. The molecule has 4 nitrogen and oxygen atoms in total. The van der Waals surface area contributed by atoms with Crippen LogP contribution < -0.4 is 11.2 Å². The van der Waals surface area contributed by atoms with Gasteiger partial charge in [0, 0.05) is 11.0 Å². The molecule has 96 valence electrons. The largest absolute Gasteiger partial charge is 0.328 e. The van der Waals surface area contributed by atoms with Crippen molar-refractivity contribution in [3.63, 3.8) is 0 Å². The molecule has 5 heteroatoms. The standard InChI is InChI=1S/C13H15BrN2O2/c1-13(2,3)7-16-11(17)8-5-4-6-9(14)10(8)15-12(16)18/h4-6H,7H2,1-3H3,(H,15,18). The normalized spacial score (nSPS) is 12.0. The lowest BCUT2D eigenvalue weighted by molar-refractivity contribution is 0.332. The van der Waals surface area contributed by atoms with Crippen LogP contribution >= 0.6 is 15.9 Å². The van der Waals surface area contributed by atoms with Gasteiger partial charge in [-0.2, -0.15) is 0 Å². The molecule has 0 atom stereocenters. The van der Waals surface area contributed by atoms with Crippen LogP contribution in [0, 0.1) is 5.41 Å². The first-order valence-electron chi connectivity index (χ1n) is 5.71. The first kappa shape index (κ1) is 13.1. The molecule has 0 saturated carbocycles. The third-order valence-corrected chi connectivity index (χ3v) is 3.26. The number of nitrogens with zero attached hydrogens (tertiary/aromatic N) is 1. The van der Waals surface area contributed by atoms with Crippen LogP contribution in [0.1, 0.15) is 20.8 Å². The summed E-state index contributed by atoms with van der Waals surface area (Å²) in [6.45, 7) is 6.36. The van der Waals surface area contributed by atoms with E-state index in [9.17, 15) is 9.59 Å². The van der Waals surface area contributed by atoms with Crippen molar-refractivity contribution in [3.8, 4) is 0 Å². The Kier molecular flexibility index (Phi) is 3.19. The molecule has 0 saturated heterocycles. The highest BCUT2D eigenvalue weighted by molar-refractivity contribution is 9.10. The highest BCUT2D eigenvalue weighted by atomic mass is 79.9. The number of rotatable bonds is 1. The van der Waals surface area contributed by atoms with Crippen molar-refractivity contribution in [2.75, 3.05) is 0 Å². The first-order chi connectivity index (χ1) is 8.29. The quantitative estimate of drug-likeness (QED) is 0.880. The molecule has 0 unspecified atom stereocenters. The van der Waals surface area contributed by atoms with Gasteiger partial charge < -0.3 is 4.98 Å². The highest BCUT2D eigenvalue weighted by Crippen LogP contribution is 2.19. The average molecular weight is 311 g/mol. The van der Waals surface area contributed by atoms with Crippen molar-refractivity contribution in [3.05, 3.63) is 43.5 Å². The number of aromatic nitrogens is 2. The molecule has 0 aliphatic rings. The summed E-state index contributed by atoms with van der Waals surface area (Å²) in [4.78, 5) is 27.0. The van der Waals surface area contributed by atoms with Crippen LogP contribution in [0.4, 0.5) is 0 Å². The minimum atomic E-state index is -0.366. The zero-order valence-electron chi connectivity index (χ0n) is 10.6. The van der Waals surface area contributed by atoms with Crippen LogP contribution in [0.3, 0.4) is 0 Å². The number of hydrogen-bond donors (Lipinski definition) is 1. The summed E-state index contributed by atoms with van der Waals surface area (Å²) in [7, 11) is 0. The minimum Gasteiger partial charge on any atom is -0.306 e. The van der Waals surface area contributed by atoms with Crippen molar-refractivity contribution in [2.45, 2.75) is 27.3 Å². The Balaban J connectivity index is 2.79. The van der Waals surface area contributed by atoms with E-state index in [1.807, 2.05) is 20.8 Å². The predicted molar refractivity (Wildman–Crippen MR) is 76.0 cm³/mol. The van der Waals surface area contributed by atoms with E-state index in [-0.39, 0.29) is 16.7 Å². The first-order valence-corrected chi connectivity index (χ1v) is 6.50. The fourth-order valence-corrected chi connectivity index (χ4v) is 2.32.